The number of hydrogen-bond donors (Lipinski definition) is 0. The van der Waals surface area contributed by atoms with Crippen LogP contribution in [0.15, 0.2) is 173 Å². The van der Waals surface area contributed by atoms with Crippen molar-refractivity contribution in [1.82, 2.24) is 14.1 Å². The minimum Gasteiger partial charge on any atom is -0.456 e. The minimum absolute atomic E-state index is 0.798. The molecule has 0 atom stereocenters. The zero-order valence-corrected chi connectivity index (χ0v) is 28.2. The van der Waals surface area contributed by atoms with Crippen molar-refractivity contribution in [2.24, 2.45) is 0 Å². The third kappa shape index (κ3) is 4.00. The van der Waals surface area contributed by atoms with Gasteiger partial charge in [0.05, 0.1) is 32.8 Å². The fourth-order valence-electron chi connectivity index (χ4n) is 8.42. The molecule has 12 aromatic rings. The van der Waals surface area contributed by atoms with Gasteiger partial charge in [0, 0.05) is 56.1 Å². The van der Waals surface area contributed by atoms with Crippen molar-refractivity contribution >= 4 is 87.5 Å². The Kier molecular flexibility index (Phi) is 5.68. The number of fused-ring (bicyclic) bond motifs is 12. The molecule has 0 fully saturated rings. The molecule has 248 valence electrons. The van der Waals surface area contributed by atoms with E-state index in [1.165, 1.54) is 0 Å². The first-order valence-corrected chi connectivity index (χ1v) is 17.7. The summed E-state index contributed by atoms with van der Waals surface area (Å²) in [6.07, 6.45) is 3.64. The number of nitrogens with zero attached hydrogens (tertiary/aromatic N) is 3. The maximum Gasteiger partial charge on any atom is 0.138 e. The lowest BCUT2D eigenvalue weighted by atomic mass is 10.1. The van der Waals surface area contributed by atoms with E-state index in [9.17, 15) is 0 Å². The van der Waals surface area contributed by atoms with Gasteiger partial charge in [-0.05, 0) is 84.9 Å². The highest BCUT2D eigenvalue weighted by Gasteiger charge is 2.21. The minimum atomic E-state index is 0.798. The Labute approximate surface area is 301 Å². The highest BCUT2D eigenvalue weighted by molar-refractivity contribution is 6.15. The monoisotopic (exact) mass is 681 g/mol. The molecule has 6 heteroatoms. The number of benzene rings is 7. The molecule has 0 radical (unpaired) electrons. The SMILES string of the molecule is c1ccc2c(c1)oc1ccc(-n3c4ccccc4c4c(Oc5cccc6c5c5ccccc5n6-c5ccc6oc7ccncc7c6c5)cccc43)cc12. The van der Waals surface area contributed by atoms with E-state index in [0.717, 1.165) is 110 Å². The van der Waals surface area contributed by atoms with Crippen molar-refractivity contribution in [2.45, 2.75) is 0 Å². The van der Waals surface area contributed by atoms with Crippen LogP contribution in [0, 0.1) is 0 Å². The second-order valence-electron chi connectivity index (χ2n) is 13.5. The van der Waals surface area contributed by atoms with E-state index in [-0.39, 0.29) is 0 Å². The van der Waals surface area contributed by atoms with Crippen molar-refractivity contribution in [3.05, 3.63) is 164 Å². The van der Waals surface area contributed by atoms with Crippen LogP contribution in [0.3, 0.4) is 0 Å². The van der Waals surface area contributed by atoms with Crippen molar-refractivity contribution in [3.8, 4) is 22.9 Å². The van der Waals surface area contributed by atoms with E-state index >= 15 is 0 Å². The summed E-state index contributed by atoms with van der Waals surface area (Å²) in [7, 11) is 0. The molecule has 0 saturated heterocycles. The molecule has 0 aliphatic carbocycles. The predicted molar refractivity (Wildman–Crippen MR) is 214 cm³/mol. The number of ether oxygens (including phenoxy) is 1. The Bertz CT molecular complexity index is 3220. The summed E-state index contributed by atoms with van der Waals surface area (Å²) in [5, 5.41) is 8.60. The van der Waals surface area contributed by atoms with Crippen molar-refractivity contribution in [2.75, 3.05) is 0 Å². The summed E-state index contributed by atoms with van der Waals surface area (Å²) in [4.78, 5) is 4.37. The van der Waals surface area contributed by atoms with Crippen molar-refractivity contribution in [1.29, 1.82) is 0 Å². The summed E-state index contributed by atoms with van der Waals surface area (Å²) >= 11 is 0. The first-order chi connectivity index (χ1) is 26.3. The molecule has 6 nitrogen and oxygen atoms in total. The first kappa shape index (κ1) is 28.4. The topological polar surface area (TPSA) is 58.3 Å². The van der Waals surface area contributed by atoms with Crippen LogP contribution < -0.4 is 4.74 Å². The molecule has 0 spiro atoms. The quantitative estimate of drug-likeness (QED) is 0.185. The Hall–Kier alpha value is -7.31. The molecule has 5 heterocycles. The Morgan fingerprint density at radius 3 is 1.51 bits per heavy atom. The summed E-state index contributed by atoms with van der Waals surface area (Å²) in [6, 6.07) is 52.7. The molecule has 0 N–H and O–H groups in total. The predicted octanol–water partition coefficient (Wildman–Crippen LogP) is 12.9. The second-order valence-corrected chi connectivity index (χ2v) is 13.5. The zero-order valence-electron chi connectivity index (χ0n) is 28.2. The molecule has 5 aromatic heterocycles. The fraction of sp³-hybridized carbons (Fsp3) is 0. The molecule has 0 aliphatic rings. The van der Waals surface area contributed by atoms with Gasteiger partial charge in [-0.25, -0.2) is 0 Å². The first-order valence-electron chi connectivity index (χ1n) is 17.7. The average molecular weight is 682 g/mol. The van der Waals surface area contributed by atoms with Crippen LogP contribution >= 0.6 is 0 Å². The largest absolute Gasteiger partial charge is 0.456 e. The van der Waals surface area contributed by atoms with Gasteiger partial charge in [0.25, 0.3) is 0 Å². The summed E-state index contributed by atoms with van der Waals surface area (Å²) in [6.45, 7) is 0. The third-order valence-electron chi connectivity index (χ3n) is 10.7. The molecule has 7 aromatic carbocycles. The molecule has 0 unspecified atom stereocenters. The van der Waals surface area contributed by atoms with Crippen LogP contribution in [0.5, 0.6) is 11.5 Å². The van der Waals surface area contributed by atoms with Crippen molar-refractivity contribution < 1.29 is 13.6 Å². The maximum absolute atomic E-state index is 7.09. The molecule has 0 amide bonds. The summed E-state index contributed by atoms with van der Waals surface area (Å²) in [5.41, 5.74) is 9.88. The van der Waals surface area contributed by atoms with Gasteiger partial charge in [-0.3, -0.25) is 4.98 Å². The molecular weight excluding hydrogens is 655 g/mol. The van der Waals surface area contributed by atoms with Gasteiger partial charge in [0.15, 0.2) is 0 Å². The van der Waals surface area contributed by atoms with Crippen LogP contribution in [0.1, 0.15) is 0 Å². The van der Waals surface area contributed by atoms with Crippen LogP contribution in [0.4, 0.5) is 0 Å². The number of rotatable bonds is 4. The number of furan rings is 2. The van der Waals surface area contributed by atoms with Crippen LogP contribution in [-0.2, 0) is 0 Å². The zero-order chi connectivity index (χ0) is 34.6. The van der Waals surface area contributed by atoms with Crippen LogP contribution in [0.25, 0.3) is 98.9 Å². The van der Waals surface area contributed by atoms with E-state index in [2.05, 4.69) is 148 Å². The van der Waals surface area contributed by atoms with Crippen LogP contribution in [-0.4, -0.2) is 14.1 Å². The number of pyridine rings is 1. The second kappa shape index (κ2) is 10.6. The molecular formula is C47H27N3O3. The lowest BCUT2D eigenvalue weighted by Crippen LogP contribution is -1.94. The van der Waals surface area contributed by atoms with Crippen LogP contribution in [0.2, 0.25) is 0 Å². The lowest BCUT2D eigenvalue weighted by Gasteiger charge is -2.11. The molecule has 12 rings (SSSR count). The highest BCUT2D eigenvalue weighted by atomic mass is 16.5. The number of para-hydroxylation sites is 3. The summed E-state index contributed by atoms with van der Waals surface area (Å²) < 4.78 is 24.0. The fourth-order valence-corrected chi connectivity index (χ4v) is 8.42. The van der Waals surface area contributed by atoms with Gasteiger partial charge < -0.3 is 22.7 Å². The number of hydrogen-bond acceptors (Lipinski definition) is 4. The van der Waals surface area contributed by atoms with E-state index in [1.807, 2.05) is 24.4 Å². The van der Waals surface area contributed by atoms with Crippen molar-refractivity contribution in [3.63, 3.8) is 0 Å². The van der Waals surface area contributed by atoms with E-state index in [4.69, 9.17) is 13.6 Å². The van der Waals surface area contributed by atoms with E-state index < -0.39 is 0 Å². The number of aromatic nitrogens is 3. The van der Waals surface area contributed by atoms with E-state index in [1.54, 1.807) is 6.20 Å². The van der Waals surface area contributed by atoms with Gasteiger partial charge in [0.2, 0.25) is 0 Å². The third-order valence-corrected chi connectivity index (χ3v) is 10.7. The molecule has 0 bridgehead atoms. The molecule has 0 aliphatic heterocycles. The maximum atomic E-state index is 7.09. The van der Waals surface area contributed by atoms with Gasteiger partial charge in [-0.1, -0.05) is 66.7 Å². The Morgan fingerprint density at radius 2 is 0.887 bits per heavy atom. The van der Waals surface area contributed by atoms with E-state index in [0.29, 0.717) is 0 Å². The van der Waals surface area contributed by atoms with Gasteiger partial charge in [-0.15, -0.1) is 0 Å². The van der Waals surface area contributed by atoms with Gasteiger partial charge >= 0.3 is 0 Å². The molecule has 0 saturated carbocycles. The smallest absolute Gasteiger partial charge is 0.138 e. The van der Waals surface area contributed by atoms with Gasteiger partial charge in [0.1, 0.15) is 33.8 Å². The average Bonchev–Trinajstić information content (AvgIpc) is 3.95. The summed E-state index contributed by atoms with van der Waals surface area (Å²) in [5.74, 6) is 1.60. The lowest BCUT2D eigenvalue weighted by molar-refractivity contribution is 0.495. The van der Waals surface area contributed by atoms with Gasteiger partial charge in [-0.2, -0.15) is 0 Å². The molecule has 53 heavy (non-hydrogen) atoms. The highest BCUT2D eigenvalue weighted by Crippen LogP contribution is 2.44. The Morgan fingerprint density at radius 1 is 0.396 bits per heavy atom. The Balaban J connectivity index is 1.06. The standard InChI is InChI=1S/C47H27N3O3/c1-4-12-36-31(10-1)46-38(49(36)28-19-21-41-33(25-28)30-9-3-6-16-40(30)51-41)14-7-17-44(46)53-45-18-8-15-39-47(45)32-11-2-5-13-37(32)50(39)29-20-22-42-34(26-29)35-27-48-24-23-43(35)52-42/h1-27H. The normalized spacial score (nSPS) is 12.2.